The summed E-state index contributed by atoms with van der Waals surface area (Å²) in [5.41, 5.74) is 2.00. The van der Waals surface area contributed by atoms with Gasteiger partial charge in [0.2, 0.25) is 0 Å². The van der Waals surface area contributed by atoms with E-state index in [0.29, 0.717) is 17.7 Å². The largest absolute Gasteiger partial charge is 0.487 e. The Labute approximate surface area is 118 Å². The van der Waals surface area contributed by atoms with Crippen molar-refractivity contribution in [2.45, 2.75) is 32.8 Å². The predicted molar refractivity (Wildman–Crippen MR) is 76.5 cm³/mol. The Hall–Kier alpha value is -1.61. The topological polar surface area (TPSA) is 35.0 Å². The van der Waals surface area contributed by atoms with Crippen LogP contribution in [0.2, 0.25) is 5.15 Å². The van der Waals surface area contributed by atoms with Crippen LogP contribution < -0.4 is 4.74 Å². The maximum absolute atomic E-state index is 5.84. The van der Waals surface area contributed by atoms with Crippen LogP contribution in [0, 0.1) is 0 Å². The molecule has 1 heterocycles. The van der Waals surface area contributed by atoms with E-state index in [2.05, 4.69) is 29.9 Å². The third kappa shape index (κ3) is 3.67. The highest BCUT2D eigenvalue weighted by atomic mass is 35.5. The summed E-state index contributed by atoms with van der Waals surface area (Å²) in [6, 6.07) is 8.12. The van der Waals surface area contributed by atoms with Gasteiger partial charge in [0.1, 0.15) is 17.5 Å². The molecule has 19 heavy (non-hydrogen) atoms. The SMILES string of the molecule is CCC(C)c1ccccc1OCc1cnc(Cl)cn1. The van der Waals surface area contributed by atoms with E-state index < -0.39 is 0 Å². The highest BCUT2D eigenvalue weighted by Crippen LogP contribution is 2.28. The molecule has 100 valence electrons. The molecule has 2 rings (SSSR count). The molecule has 4 heteroatoms. The van der Waals surface area contributed by atoms with Crippen LogP contribution in [0.3, 0.4) is 0 Å². The van der Waals surface area contributed by atoms with Gasteiger partial charge in [-0.05, 0) is 24.0 Å². The second-order valence-electron chi connectivity index (χ2n) is 4.47. The van der Waals surface area contributed by atoms with Gasteiger partial charge in [-0.15, -0.1) is 0 Å². The molecular formula is C15H17ClN2O. The van der Waals surface area contributed by atoms with Gasteiger partial charge in [0.25, 0.3) is 0 Å². The number of ether oxygens (including phenoxy) is 1. The highest BCUT2D eigenvalue weighted by Gasteiger charge is 2.09. The zero-order chi connectivity index (χ0) is 13.7. The summed E-state index contributed by atoms with van der Waals surface area (Å²) in [6.45, 7) is 4.77. The third-order valence-electron chi connectivity index (χ3n) is 3.11. The Morgan fingerprint density at radius 1 is 1.21 bits per heavy atom. The Morgan fingerprint density at radius 3 is 2.68 bits per heavy atom. The molecule has 0 spiro atoms. The lowest BCUT2D eigenvalue weighted by atomic mass is 9.98. The van der Waals surface area contributed by atoms with Crippen LogP contribution in [-0.2, 0) is 6.61 Å². The minimum Gasteiger partial charge on any atom is -0.487 e. The van der Waals surface area contributed by atoms with Gasteiger partial charge in [0.05, 0.1) is 18.1 Å². The summed E-state index contributed by atoms with van der Waals surface area (Å²) in [6.07, 6.45) is 4.25. The van der Waals surface area contributed by atoms with Gasteiger partial charge in [-0.1, -0.05) is 43.6 Å². The number of halogens is 1. The summed E-state index contributed by atoms with van der Waals surface area (Å²) >= 11 is 5.70. The van der Waals surface area contributed by atoms with E-state index in [9.17, 15) is 0 Å². The average Bonchev–Trinajstić information content (AvgIpc) is 2.46. The molecule has 0 aliphatic carbocycles. The van der Waals surface area contributed by atoms with E-state index in [1.165, 1.54) is 11.8 Å². The van der Waals surface area contributed by atoms with E-state index in [-0.39, 0.29) is 0 Å². The monoisotopic (exact) mass is 276 g/mol. The van der Waals surface area contributed by atoms with E-state index in [1.807, 2.05) is 18.2 Å². The molecule has 1 aromatic carbocycles. The van der Waals surface area contributed by atoms with Crippen LogP contribution in [0.25, 0.3) is 0 Å². The van der Waals surface area contributed by atoms with Crippen molar-refractivity contribution in [3.63, 3.8) is 0 Å². The molecule has 0 saturated carbocycles. The molecule has 0 saturated heterocycles. The lowest BCUT2D eigenvalue weighted by Gasteiger charge is -2.15. The summed E-state index contributed by atoms with van der Waals surface area (Å²) < 4.78 is 5.84. The third-order valence-corrected chi connectivity index (χ3v) is 3.31. The zero-order valence-corrected chi connectivity index (χ0v) is 11.9. The fourth-order valence-corrected chi connectivity index (χ4v) is 1.90. The number of rotatable bonds is 5. The summed E-state index contributed by atoms with van der Waals surface area (Å²) in [5, 5.41) is 0.392. The standard InChI is InChI=1S/C15H17ClN2O/c1-3-11(2)13-6-4-5-7-14(13)19-10-12-8-18-15(16)9-17-12/h4-9,11H,3,10H2,1-2H3. The van der Waals surface area contributed by atoms with E-state index >= 15 is 0 Å². The smallest absolute Gasteiger partial charge is 0.147 e. The fraction of sp³-hybridized carbons (Fsp3) is 0.333. The summed E-state index contributed by atoms with van der Waals surface area (Å²) in [5.74, 6) is 1.39. The first-order chi connectivity index (χ1) is 9.20. The van der Waals surface area contributed by atoms with Gasteiger partial charge in [0.15, 0.2) is 0 Å². The van der Waals surface area contributed by atoms with Gasteiger partial charge >= 0.3 is 0 Å². The van der Waals surface area contributed by atoms with E-state index in [4.69, 9.17) is 16.3 Å². The Morgan fingerprint density at radius 2 is 2.00 bits per heavy atom. The molecule has 0 bridgehead atoms. The van der Waals surface area contributed by atoms with Crippen molar-refractivity contribution < 1.29 is 4.74 Å². The van der Waals surface area contributed by atoms with Crippen molar-refractivity contribution in [2.24, 2.45) is 0 Å². The number of nitrogens with zero attached hydrogens (tertiary/aromatic N) is 2. The van der Waals surface area contributed by atoms with Crippen molar-refractivity contribution >= 4 is 11.6 Å². The zero-order valence-electron chi connectivity index (χ0n) is 11.1. The molecule has 2 aromatic rings. The minimum absolute atomic E-state index is 0.392. The lowest BCUT2D eigenvalue weighted by Crippen LogP contribution is -2.02. The summed E-state index contributed by atoms with van der Waals surface area (Å²) in [7, 11) is 0. The molecule has 0 aliphatic heterocycles. The number of benzene rings is 1. The van der Waals surface area contributed by atoms with Crippen LogP contribution in [0.15, 0.2) is 36.7 Å². The van der Waals surface area contributed by atoms with Crippen LogP contribution in [0.4, 0.5) is 0 Å². The molecular weight excluding hydrogens is 260 g/mol. The number of para-hydroxylation sites is 1. The lowest BCUT2D eigenvalue weighted by molar-refractivity contribution is 0.296. The first-order valence-corrected chi connectivity index (χ1v) is 6.76. The van der Waals surface area contributed by atoms with Crippen molar-refractivity contribution in [3.05, 3.63) is 53.1 Å². The quantitative estimate of drug-likeness (QED) is 0.820. The maximum atomic E-state index is 5.84. The predicted octanol–water partition coefficient (Wildman–Crippen LogP) is 4.22. The van der Waals surface area contributed by atoms with Gasteiger partial charge in [-0.2, -0.15) is 0 Å². The molecule has 0 fully saturated rings. The van der Waals surface area contributed by atoms with Gasteiger partial charge in [-0.25, -0.2) is 4.98 Å². The molecule has 0 N–H and O–H groups in total. The Kier molecular flexibility index (Phi) is 4.74. The van der Waals surface area contributed by atoms with Crippen molar-refractivity contribution in [3.8, 4) is 5.75 Å². The molecule has 0 aliphatic rings. The molecule has 0 radical (unpaired) electrons. The van der Waals surface area contributed by atoms with Crippen LogP contribution >= 0.6 is 11.6 Å². The van der Waals surface area contributed by atoms with Crippen molar-refractivity contribution in [2.75, 3.05) is 0 Å². The van der Waals surface area contributed by atoms with Crippen LogP contribution in [-0.4, -0.2) is 9.97 Å². The number of hydrogen-bond acceptors (Lipinski definition) is 3. The second kappa shape index (κ2) is 6.53. The maximum Gasteiger partial charge on any atom is 0.147 e. The molecule has 1 aromatic heterocycles. The summed E-state index contributed by atoms with van der Waals surface area (Å²) in [4.78, 5) is 8.16. The van der Waals surface area contributed by atoms with Gasteiger partial charge in [0, 0.05) is 0 Å². The van der Waals surface area contributed by atoms with E-state index in [1.54, 1.807) is 6.20 Å². The Balaban J connectivity index is 2.09. The highest BCUT2D eigenvalue weighted by molar-refractivity contribution is 6.29. The first kappa shape index (κ1) is 13.8. The first-order valence-electron chi connectivity index (χ1n) is 6.39. The van der Waals surface area contributed by atoms with Gasteiger partial charge in [-0.3, -0.25) is 4.98 Å². The second-order valence-corrected chi connectivity index (χ2v) is 4.85. The van der Waals surface area contributed by atoms with Crippen LogP contribution in [0.1, 0.15) is 37.4 Å². The van der Waals surface area contributed by atoms with Gasteiger partial charge < -0.3 is 4.74 Å². The average molecular weight is 277 g/mol. The fourth-order valence-electron chi connectivity index (χ4n) is 1.80. The Bertz CT molecular complexity index is 528. The van der Waals surface area contributed by atoms with E-state index in [0.717, 1.165) is 17.9 Å². The molecule has 1 unspecified atom stereocenters. The number of aromatic nitrogens is 2. The minimum atomic E-state index is 0.392. The molecule has 1 atom stereocenters. The van der Waals surface area contributed by atoms with Crippen molar-refractivity contribution in [1.82, 2.24) is 9.97 Å². The van der Waals surface area contributed by atoms with Crippen molar-refractivity contribution in [1.29, 1.82) is 0 Å². The normalized spacial score (nSPS) is 12.2. The number of hydrogen-bond donors (Lipinski definition) is 0. The molecule has 3 nitrogen and oxygen atoms in total. The van der Waals surface area contributed by atoms with Crippen LogP contribution in [0.5, 0.6) is 5.75 Å². The molecule has 0 amide bonds.